The summed E-state index contributed by atoms with van der Waals surface area (Å²) in [5.74, 6) is 0.515. The van der Waals surface area contributed by atoms with Crippen molar-refractivity contribution in [2.45, 2.75) is 11.8 Å². The van der Waals surface area contributed by atoms with Crippen LogP contribution in [0.15, 0.2) is 107 Å². The van der Waals surface area contributed by atoms with Crippen molar-refractivity contribution in [3.05, 3.63) is 108 Å². The van der Waals surface area contributed by atoms with E-state index in [0.29, 0.717) is 34.2 Å². The first-order valence-electron chi connectivity index (χ1n) is 13.4. The van der Waals surface area contributed by atoms with E-state index < -0.39 is 22.5 Å². The average Bonchev–Trinajstić information content (AvgIpc) is 3.04. The van der Waals surface area contributed by atoms with Crippen LogP contribution in [0.5, 0.6) is 17.2 Å². The van der Waals surface area contributed by atoms with E-state index in [-0.39, 0.29) is 17.4 Å². The lowest BCUT2D eigenvalue weighted by molar-refractivity contribution is -0.119. The molecule has 0 aliphatic heterocycles. The molecule has 0 unspecified atom stereocenters. The maximum atomic E-state index is 13.5. The molecule has 0 aliphatic carbocycles. The SMILES string of the molecule is COc1ccc(S(=O)(=O)N(CC(=O)N/N=C/c2ccc(OCC(=O)Nc3ccccc3OC)cc2)c2ccc(C)cc2)cc1. The molecule has 0 radical (unpaired) electrons. The number of rotatable bonds is 13. The predicted molar refractivity (Wildman–Crippen MR) is 168 cm³/mol. The van der Waals surface area contributed by atoms with Gasteiger partial charge in [0.2, 0.25) is 0 Å². The number of carbonyl (C=O) groups is 2. The van der Waals surface area contributed by atoms with Gasteiger partial charge in [0, 0.05) is 0 Å². The third kappa shape index (κ3) is 8.35. The number of sulfonamides is 1. The van der Waals surface area contributed by atoms with Gasteiger partial charge in [0.15, 0.2) is 6.61 Å². The van der Waals surface area contributed by atoms with Crippen molar-refractivity contribution < 1.29 is 32.2 Å². The number of nitrogens with one attached hydrogen (secondary N) is 2. The highest BCUT2D eigenvalue weighted by atomic mass is 32.2. The van der Waals surface area contributed by atoms with Crippen LogP contribution in [-0.2, 0) is 19.6 Å². The quantitative estimate of drug-likeness (QED) is 0.168. The number of ether oxygens (including phenoxy) is 3. The van der Waals surface area contributed by atoms with Gasteiger partial charge >= 0.3 is 0 Å². The summed E-state index contributed by atoms with van der Waals surface area (Å²) in [5, 5.41) is 6.70. The van der Waals surface area contributed by atoms with E-state index >= 15 is 0 Å². The van der Waals surface area contributed by atoms with Crippen molar-refractivity contribution in [1.82, 2.24) is 5.43 Å². The number of amides is 2. The van der Waals surface area contributed by atoms with Crippen molar-refractivity contribution in [3.8, 4) is 17.2 Å². The molecule has 0 saturated heterocycles. The number of benzene rings is 4. The van der Waals surface area contributed by atoms with Crippen molar-refractivity contribution in [2.75, 3.05) is 37.0 Å². The number of carbonyl (C=O) groups excluding carboxylic acids is 2. The minimum atomic E-state index is -4.09. The highest BCUT2D eigenvalue weighted by Crippen LogP contribution is 2.26. The van der Waals surface area contributed by atoms with Crippen LogP contribution in [0.25, 0.3) is 0 Å². The van der Waals surface area contributed by atoms with Crippen LogP contribution in [0.3, 0.4) is 0 Å². The minimum absolute atomic E-state index is 0.00904. The monoisotopic (exact) mass is 616 g/mol. The Morgan fingerprint density at radius 1 is 0.818 bits per heavy atom. The van der Waals surface area contributed by atoms with Gasteiger partial charge in [-0.15, -0.1) is 0 Å². The Balaban J connectivity index is 1.35. The highest BCUT2D eigenvalue weighted by molar-refractivity contribution is 7.92. The smallest absolute Gasteiger partial charge is 0.264 e. The van der Waals surface area contributed by atoms with E-state index in [0.717, 1.165) is 9.87 Å². The molecule has 11 nitrogen and oxygen atoms in total. The molecule has 44 heavy (non-hydrogen) atoms. The lowest BCUT2D eigenvalue weighted by Gasteiger charge is -2.24. The molecule has 0 bridgehead atoms. The summed E-state index contributed by atoms with van der Waals surface area (Å²) in [6.45, 7) is 1.17. The van der Waals surface area contributed by atoms with E-state index in [1.165, 1.54) is 44.7 Å². The van der Waals surface area contributed by atoms with E-state index in [4.69, 9.17) is 14.2 Å². The molecule has 0 aliphatic rings. The summed E-state index contributed by atoms with van der Waals surface area (Å²) in [6.07, 6.45) is 1.41. The van der Waals surface area contributed by atoms with Gasteiger partial charge in [-0.2, -0.15) is 5.10 Å². The lowest BCUT2D eigenvalue weighted by atomic mass is 10.2. The molecule has 228 valence electrons. The summed E-state index contributed by atoms with van der Waals surface area (Å²) in [6, 6.07) is 26.5. The molecule has 2 N–H and O–H groups in total. The number of anilines is 2. The molecular weight excluding hydrogens is 584 g/mol. The summed E-state index contributed by atoms with van der Waals surface area (Å²) in [7, 11) is -1.08. The first-order chi connectivity index (χ1) is 21.2. The predicted octanol–water partition coefficient (Wildman–Crippen LogP) is 4.38. The lowest BCUT2D eigenvalue weighted by Crippen LogP contribution is -2.39. The number of nitrogens with zero attached hydrogens (tertiary/aromatic N) is 2. The Labute approximate surface area is 256 Å². The van der Waals surface area contributed by atoms with Crippen molar-refractivity contribution in [3.63, 3.8) is 0 Å². The van der Waals surface area contributed by atoms with E-state index in [2.05, 4.69) is 15.8 Å². The van der Waals surface area contributed by atoms with Gasteiger partial charge in [-0.1, -0.05) is 29.8 Å². The largest absolute Gasteiger partial charge is 0.497 e. The Hall–Kier alpha value is -5.36. The molecule has 12 heteroatoms. The molecule has 0 atom stereocenters. The van der Waals surface area contributed by atoms with Crippen LogP contribution in [0.1, 0.15) is 11.1 Å². The Morgan fingerprint density at radius 2 is 1.48 bits per heavy atom. The highest BCUT2D eigenvalue weighted by Gasteiger charge is 2.27. The number of hydrogen-bond acceptors (Lipinski definition) is 8. The number of para-hydroxylation sites is 2. The summed E-state index contributed by atoms with van der Waals surface area (Å²) in [4.78, 5) is 25.1. The minimum Gasteiger partial charge on any atom is -0.497 e. The third-order valence-electron chi connectivity index (χ3n) is 6.29. The zero-order valence-corrected chi connectivity index (χ0v) is 25.2. The van der Waals surface area contributed by atoms with E-state index in [1.807, 2.05) is 6.92 Å². The Kier molecular flexibility index (Phi) is 10.5. The second-order valence-corrected chi connectivity index (χ2v) is 11.3. The molecular formula is C32H32N4O7S. The Morgan fingerprint density at radius 3 is 2.14 bits per heavy atom. The van der Waals surface area contributed by atoms with E-state index in [1.54, 1.807) is 72.8 Å². The fourth-order valence-corrected chi connectivity index (χ4v) is 5.40. The summed E-state index contributed by atoms with van der Waals surface area (Å²) >= 11 is 0. The van der Waals surface area contributed by atoms with Crippen molar-refractivity contribution in [1.29, 1.82) is 0 Å². The van der Waals surface area contributed by atoms with Crippen LogP contribution in [0, 0.1) is 6.92 Å². The maximum absolute atomic E-state index is 13.5. The second kappa shape index (κ2) is 14.7. The van der Waals surface area contributed by atoms with Gasteiger partial charge in [0.05, 0.1) is 36.7 Å². The van der Waals surface area contributed by atoms with E-state index in [9.17, 15) is 18.0 Å². The van der Waals surface area contributed by atoms with Crippen LogP contribution >= 0.6 is 0 Å². The fraction of sp³-hybridized carbons (Fsp3) is 0.156. The molecule has 4 rings (SSSR count). The molecule has 0 fully saturated rings. The van der Waals surface area contributed by atoms with Gasteiger partial charge in [-0.3, -0.25) is 13.9 Å². The van der Waals surface area contributed by atoms with Crippen molar-refractivity contribution in [2.24, 2.45) is 5.10 Å². The maximum Gasteiger partial charge on any atom is 0.264 e. The fourth-order valence-electron chi connectivity index (χ4n) is 3.98. The molecule has 0 spiro atoms. The molecule has 2 amide bonds. The third-order valence-corrected chi connectivity index (χ3v) is 8.08. The summed E-state index contributed by atoms with van der Waals surface area (Å²) < 4.78 is 44.0. The normalized spacial score (nSPS) is 11.1. The molecule has 0 saturated carbocycles. The second-order valence-electron chi connectivity index (χ2n) is 9.42. The van der Waals surface area contributed by atoms with Gasteiger partial charge in [0.25, 0.3) is 21.8 Å². The summed E-state index contributed by atoms with van der Waals surface area (Å²) in [5.41, 5.74) is 4.83. The average molecular weight is 617 g/mol. The zero-order valence-electron chi connectivity index (χ0n) is 24.4. The van der Waals surface area contributed by atoms with Crippen molar-refractivity contribution >= 4 is 39.4 Å². The Bertz CT molecular complexity index is 1710. The first kappa shape index (κ1) is 31.6. The standard InChI is InChI=1S/C32H32N4O7S/c1-23-8-12-25(13-9-23)36(44(39,40)28-18-16-26(41-2)17-19-28)21-31(37)35-33-20-24-10-14-27(15-11-24)43-22-32(38)34-29-6-4-5-7-30(29)42-3/h4-20H,21-22H2,1-3H3,(H,34,38)(H,35,37)/b33-20+. The van der Waals surface area contributed by atoms with Crippen LogP contribution in [-0.4, -0.2) is 53.8 Å². The molecule has 0 aromatic heterocycles. The number of methoxy groups -OCH3 is 2. The zero-order chi connectivity index (χ0) is 31.5. The van der Waals surface area contributed by atoms with Crippen LogP contribution in [0.4, 0.5) is 11.4 Å². The molecule has 4 aromatic carbocycles. The molecule has 4 aromatic rings. The van der Waals surface area contributed by atoms with Crippen LogP contribution in [0.2, 0.25) is 0 Å². The number of hydrogen-bond donors (Lipinski definition) is 2. The van der Waals surface area contributed by atoms with Crippen LogP contribution < -0.4 is 29.3 Å². The number of hydrazone groups is 1. The first-order valence-corrected chi connectivity index (χ1v) is 14.8. The van der Waals surface area contributed by atoms with Gasteiger partial charge in [-0.05, 0) is 85.3 Å². The number of aryl methyl sites for hydroxylation is 1. The van der Waals surface area contributed by atoms with Gasteiger partial charge in [-0.25, -0.2) is 13.8 Å². The van der Waals surface area contributed by atoms with Gasteiger partial charge in [0.1, 0.15) is 23.8 Å². The van der Waals surface area contributed by atoms with Gasteiger partial charge < -0.3 is 19.5 Å². The molecule has 0 heterocycles. The topological polar surface area (TPSA) is 136 Å².